The lowest BCUT2D eigenvalue weighted by molar-refractivity contribution is -0.658. The number of para-hydroxylation sites is 1. The van der Waals surface area contributed by atoms with Crippen LogP contribution in [0.15, 0.2) is 91.1 Å². The van der Waals surface area contributed by atoms with Crippen LogP contribution in [-0.4, -0.2) is 4.40 Å². The highest BCUT2D eigenvalue weighted by Crippen LogP contribution is 2.39. The van der Waals surface area contributed by atoms with Gasteiger partial charge in [-0.05, 0) is 69.1 Å². The molecule has 0 fully saturated rings. The maximum absolute atomic E-state index is 2.41. The van der Waals surface area contributed by atoms with Crippen molar-refractivity contribution in [3.05, 3.63) is 96.7 Å². The minimum Gasteiger partial charge on any atom is -0.231 e. The Kier molecular flexibility index (Phi) is 3.59. The lowest BCUT2D eigenvalue weighted by atomic mass is 9.91. The largest absolute Gasteiger partial charge is 0.295 e. The van der Waals surface area contributed by atoms with Crippen LogP contribution in [-0.2, 0) is 7.05 Å². The van der Waals surface area contributed by atoms with Crippen molar-refractivity contribution in [2.75, 3.05) is 0 Å². The number of hydrogen-bond donors (Lipinski definition) is 0. The molecule has 0 unspecified atom stereocenters. The predicted molar refractivity (Wildman–Crippen MR) is 137 cm³/mol. The third kappa shape index (κ3) is 2.32. The molecular weight excluding hydrogens is 408 g/mol. The van der Waals surface area contributed by atoms with Crippen LogP contribution in [0.3, 0.4) is 0 Å². The van der Waals surface area contributed by atoms with Crippen LogP contribution in [0.25, 0.3) is 58.8 Å². The van der Waals surface area contributed by atoms with Gasteiger partial charge in [-0.3, -0.25) is 0 Å². The first-order chi connectivity index (χ1) is 15.7. The molecule has 7 aromatic rings. The zero-order valence-corrected chi connectivity index (χ0v) is 18.8. The number of rotatable bonds is 1. The van der Waals surface area contributed by atoms with Gasteiger partial charge in [-0.15, -0.1) is 0 Å². The van der Waals surface area contributed by atoms with Gasteiger partial charge in [0.2, 0.25) is 4.83 Å². The number of fused-ring (bicyclic) bond motifs is 9. The van der Waals surface area contributed by atoms with Gasteiger partial charge in [0, 0.05) is 0 Å². The maximum Gasteiger partial charge on any atom is 0.295 e. The minimum absolute atomic E-state index is 1.23. The average Bonchev–Trinajstić information content (AvgIpc) is 3.33. The van der Waals surface area contributed by atoms with Crippen molar-refractivity contribution in [1.82, 2.24) is 4.40 Å². The molecule has 0 atom stereocenters. The number of aromatic nitrogens is 2. The molecule has 5 aromatic carbocycles. The fourth-order valence-electron chi connectivity index (χ4n) is 5.30. The van der Waals surface area contributed by atoms with Gasteiger partial charge in [0.05, 0.1) is 17.3 Å². The topological polar surface area (TPSA) is 8.29 Å². The van der Waals surface area contributed by atoms with E-state index in [0.717, 1.165) is 0 Å². The van der Waals surface area contributed by atoms with Crippen LogP contribution in [0.5, 0.6) is 0 Å². The molecule has 2 heterocycles. The molecule has 3 heteroatoms. The van der Waals surface area contributed by atoms with Crippen molar-refractivity contribution in [2.24, 2.45) is 7.05 Å². The number of benzene rings is 5. The molecule has 2 nitrogen and oxygen atoms in total. The molecular formula is C29H21N2S+. The van der Waals surface area contributed by atoms with Crippen LogP contribution in [0.4, 0.5) is 0 Å². The van der Waals surface area contributed by atoms with E-state index in [0.29, 0.717) is 0 Å². The second kappa shape index (κ2) is 6.41. The Morgan fingerprint density at radius 2 is 1.25 bits per heavy atom. The number of imidazole rings is 1. The number of thiazole rings is 1. The molecule has 0 saturated heterocycles. The summed E-state index contributed by atoms with van der Waals surface area (Å²) < 4.78 is 6.01. The van der Waals surface area contributed by atoms with Gasteiger partial charge in [-0.2, -0.15) is 4.40 Å². The smallest absolute Gasteiger partial charge is 0.231 e. The van der Waals surface area contributed by atoms with E-state index >= 15 is 0 Å². The van der Waals surface area contributed by atoms with Crippen molar-refractivity contribution in [3.8, 4) is 11.4 Å². The van der Waals surface area contributed by atoms with Crippen LogP contribution in [0.1, 0.15) is 5.56 Å². The molecule has 0 spiro atoms. The van der Waals surface area contributed by atoms with E-state index in [9.17, 15) is 0 Å². The molecule has 32 heavy (non-hydrogen) atoms. The normalized spacial score (nSPS) is 12.1. The molecule has 152 valence electrons. The van der Waals surface area contributed by atoms with Crippen molar-refractivity contribution < 1.29 is 4.57 Å². The highest BCUT2D eigenvalue weighted by molar-refractivity contribution is 7.23. The summed E-state index contributed by atoms with van der Waals surface area (Å²) in [4.78, 5) is 1.27. The van der Waals surface area contributed by atoms with Gasteiger partial charge in [-0.25, -0.2) is 4.57 Å². The fraction of sp³-hybridized carbons (Fsp3) is 0.0690. The summed E-state index contributed by atoms with van der Waals surface area (Å²) in [5.74, 6) is 1.23. The Morgan fingerprint density at radius 1 is 0.688 bits per heavy atom. The van der Waals surface area contributed by atoms with E-state index < -0.39 is 0 Å². The van der Waals surface area contributed by atoms with E-state index in [1.54, 1.807) is 0 Å². The minimum atomic E-state index is 1.23. The molecule has 0 amide bonds. The fourth-order valence-corrected chi connectivity index (χ4v) is 6.43. The van der Waals surface area contributed by atoms with Crippen LogP contribution in [0, 0.1) is 6.92 Å². The Hall–Kier alpha value is -3.69. The van der Waals surface area contributed by atoms with Crippen molar-refractivity contribution >= 4 is 58.7 Å². The first-order valence-corrected chi connectivity index (χ1v) is 11.8. The lowest BCUT2D eigenvalue weighted by Gasteiger charge is -2.13. The van der Waals surface area contributed by atoms with Gasteiger partial charge in [0.25, 0.3) is 5.82 Å². The van der Waals surface area contributed by atoms with Gasteiger partial charge in [0.15, 0.2) is 5.52 Å². The van der Waals surface area contributed by atoms with Gasteiger partial charge < -0.3 is 0 Å². The number of nitrogens with zero attached hydrogens (tertiary/aromatic N) is 2. The van der Waals surface area contributed by atoms with Gasteiger partial charge >= 0.3 is 0 Å². The van der Waals surface area contributed by atoms with E-state index in [2.05, 4.69) is 114 Å². The van der Waals surface area contributed by atoms with Gasteiger partial charge in [-0.1, -0.05) is 72.0 Å². The highest BCUT2D eigenvalue weighted by atomic mass is 32.1. The Labute approximate surface area is 189 Å². The van der Waals surface area contributed by atoms with E-state index in [4.69, 9.17) is 0 Å². The summed E-state index contributed by atoms with van der Waals surface area (Å²) in [5.41, 5.74) is 3.85. The summed E-state index contributed by atoms with van der Waals surface area (Å²) >= 11 is 1.85. The average molecular weight is 430 g/mol. The lowest BCUT2D eigenvalue weighted by Crippen LogP contribution is -2.28. The SMILES string of the molecule is Cc1cc2c3ccccc3c3ccccc3c2cc1-c1n2c(c[n+]1C)sc1ccccc12. The third-order valence-corrected chi connectivity index (χ3v) is 7.78. The first kappa shape index (κ1) is 17.9. The summed E-state index contributed by atoms with van der Waals surface area (Å²) in [6, 6.07) is 31.1. The van der Waals surface area contributed by atoms with Crippen LogP contribution >= 0.6 is 11.3 Å². The van der Waals surface area contributed by atoms with E-state index in [1.165, 1.54) is 64.3 Å². The second-order valence-corrected chi connectivity index (χ2v) is 9.67. The van der Waals surface area contributed by atoms with Gasteiger partial charge in [0.1, 0.15) is 6.20 Å². The van der Waals surface area contributed by atoms with Crippen LogP contribution < -0.4 is 4.57 Å². The maximum atomic E-state index is 2.41. The monoisotopic (exact) mass is 429 g/mol. The van der Waals surface area contributed by atoms with Crippen molar-refractivity contribution in [3.63, 3.8) is 0 Å². The molecule has 0 aliphatic rings. The predicted octanol–water partition coefficient (Wildman–Crippen LogP) is 7.41. The molecule has 2 aromatic heterocycles. The first-order valence-electron chi connectivity index (χ1n) is 10.9. The zero-order chi connectivity index (χ0) is 21.4. The third-order valence-electron chi connectivity index (χ3n) is 6.72. The van der Waals surface area contributed by atoms with E-state index in [1.807, 2.05) is 11.3 Å². The highest BCUT2D eigenvalue weighted by Gasteiger charge is 2.25. The van der Waals surface area contributed by atoms with E-state index in [-0.39, 0.29) is 0 Å². The molecule has 0 aliphatic heterocycles. The zero-order valence-electron chi connectivity index (χ0n) is 18.0. The summed E-state index contributed by atoms with van der Waals surface area (Å²) in [7, 11) is 2.16. The summed E-state index contributed by atoms with van der Waals surface area (Å²) in [6.07, 6.45) is 2.25. The molecule has 7 rings (SSSR count). The van der Waals surface area contributed by atoms with Crippen molar-refractivity contribution in [2.45, 2.75) is 6.92 Å². The number of hydrogen-bond acceptors (Lipinski definition) is 1. The van der Waals surface area contributed by atoms with Crippen LogP contribution in [0.2, 0.25) is 0 Å². The Balaban J connectivity index is 1.66. The Bertz CT molecular complexity index is 1850. The Morgan fingerprint density at radius 3 is 1.94 bits per heavy atom. The molecule has 0 bridgehead atoms. The molecule has 0 N–H and O–H groups in total. The molecule has 0 saturated carbocycles. The standard InChI is InChI=1S/C29H21N2S/c1-18-15-24-21-11-5-3-9-19(21)20-10-4-6-12-22(20)25(24)16-23(18)29-30(2)17-28-31(29)26-13-7-8-14-27(26)32-28/h3-17H,1-2H3/q+1. The number of aryl methyl sites for hydroxylation is 2. The summed E-state index contributed by atoms with van der Waals surface area (Å²) in [6.45, 7) is 2.24. The molecule has 0 aliphatic carbocycles. The van der Waals surface area contributed by atoms with Crippen molar-refractivity contribution in [1.29, 1.82) is 0 Å². The second-order valence-electron chi connectivity index (χ2n) is 8.61. The summed E-state index contributed by atoms with van der Waals surface area (Å²) in [5, 5.41) is 7.91. The molecule has 0 radical (unpaired) electrons. The quantitative estimate of drug-likeness (QED) is 0.190.